The average Bonchev–Trinajstić information content (AvgIpc) is 3.21. The van der Waals surface area contributed by atoms with Gasteiger partial charge < -0.3 is 9.47 Å². The first-order chi connectivity index (χ1) is 13.1. The standard InChI is InChI=1S/C21H17Cl2NO3/c1-26-21(25)20-18(12-4-6-13(22)7-5-12)15-9-8-14(23)11-16(15)19(24-20)17-3-2-10-27-17/h4-9,11,17H,2-3,10H2,1H3. The molecule has 3 aromatic rings. The van der Waals surface area contributed by atoms with Gasteiger partial charge >= 0.3 is 5.97 Å². The van der Waals surface area contributed by atoms with Gasteiger partial charge in [0.15, 0.2) is 5.69 Å². The van der Waals surface area contributed by atoms with Crippen LogP contribution in [0.4, 0.5) is 0 Å². The van der Waals surface area contributed by atoms with Crippen molar-refractivity contribution < 1.29 is 14.3 Å². The van der Waals surface area contributed by atoms with Gasteiger partial charge in [-0.15, -0.1) is 0 Å². The van der Waals surface area contributed by atoms with Gasteiger partial charge in [-0.25, -0.2) is 9.78 Å². The molecule has 0 saturated carbocycles. The molecule has 2 aromatic carbocycles. The number of rotatable bonds is 3. The zero-order valence-electron chi connectivity index (χ0n) is 14.7. The van der Waals surface area contributed by atoms with Gasteiger partial charge in [0.1, 0.15) is 6.10 Å². The van der Waals surface area contributed by atoms with E-state index in [1.165, 1.54) is 7.11 Å². The second-order valence-corrected chi connectivity index (χ2v) is 7.28. The Kier molecular flexibility index (Phi) is 5.04. The maximum atomic E-state index is 12.6. The normalized spacial score (nSPS) is 16.6. The zero-order valence-corrected chi connectivity index (χ0v) is 16.2. The number of carbonyl (C=O) groups excluding carboxylic acids is 1. The molecule has 4 nitrogen and oxygen atoms in total. The predicted molar refractivity (Wildman–Crippen MR) is 106 cm³/mol. The van der Waals surface area contributed by atoms with Crippen molar-refractivity contribution in [3.63, 3.8) is 0 Å². The average molecular weight is 402 g/mol. The summed E-state index contributed by atoms with van der Waals surface area (Å²) < 4.78 is 10.9. The van der Waals surface area contributed by atoms with Gasteiger partial charge in [0.2, 0.25) is 0 Å². The van der Waals surface area contributed by atoms with Crippen molar-refractivity contribution in [2.24, 2.45) is 0 Å². The van der Waals surface area contributed by atoms with Gasteiger partial charge in [-0.05, 0) is 48.1 Å². The first-order valence-electron chi connectivity index (χ1n) is 8.67. The summed E-state index contributed by atoms with van der Waals surface area (Å²) in [6.07, 6.45) is 1.66. The van der Waals surface area contributed by atoms with E-state index in [1.807, 2.05) is 30.3 Å². The van der Waals surface area contributed by atoms with E-state index >= 15 is 0 Å². The number of fused-ring (bicyclic) bond motifs is 1. The summed E-state index contributed by atoms with van der Waals surface area (Å²) in [6.45, 7) is 0.681. The molecule has 138 valence electrons. The van der Waals surface area contributed by atoms with Crippen LogP contribution in [0, 0.1) is 0 Å². The van der Waals surface area contributed by atoms with E-state index in [1.54, 1.807) is 12.1 Å². The Morgan fingerprint density at radius 2 is 1.85 bits per heavy atom. The van der Waals surface area contributed by atoms with Crippen molar-refractivity contribution in [1.82, 2.24) is 4.98 Å². The summed E-state index contributed by atoms with van der Waals surface area (Å²) in [5.74, 6) is -0.490. The Labute approximate surface area is 167 Å². The summed E-state index contributed by atoms with van der Waals surface area (Å²) in [4.78, 5) is 17.3. The second-order valence-electron chi connectivity index (χ2n) is 6.41. The zero-order chi connectivity index (χ0) is 19.0. The van der Waals surface area contributed by atoms with E-state index < -0.39 is 5.97 Å². The van der Waals surface area contributed by atoms with Crippen LogP contribution in [0.25, 0.3) is 21.9 Å². The van der Waals surface area contributed by atoms with Crippen LogP contribution >= 0.6 is 23.2 Å². The fourth-order valence-corrected chi connectivity index (χ4v) is 3.80. The lowest BCUT2D eigenvalue weighted by Gasteiger charge is -2.18. The Morgan fingerprint density at radius 1 is 1.11 bits per heavy atom. The topological polar surface area (TPSA) is 48.4 Å². The third-order valence-corrected chi connectivity index (χ3v) is 5.23. The number of benzene rings is 2. The number of pyridine rings is 1. The molecule has 1 aliphatic heterocycles. The molecule has 1 fully saturated rings. The first-order valence-corrected chi connectivity index (χ1v) is 9.43. The van der Waals surface area contributed by atoms with Crippen LogP contribution in [0.2, 0.25) is 10.0 Å². The first kappa shape index (κ1) is 18.2. The quantitative estimate of drug-likeness (QED) is 0.516. The van der Waals surface area contributed by atoms with Crippen molar-refractivity contribution in [3.05, 3.63) is 63.9 Å². The number of nitrogens with zero attached hydrogens (tertiary/aromatic N) is 1. The Morgan fingerprint density at radius 3 is 2.52 bits per heavy atom. The van der Waals surface area contributed by atoms with Crippen LogP contribution in [0.5, 0.6) is 0 Å². The maximum Gasteiger partial charge on any atom is 0.357 e. The van der Waals surface area contributed by atoms with Gasteiger partial charge in [0.25, 0.3) is 0 Å². The van der Waals surface area contributed by atoms with E-state index in [0.717, 1.165) is 34.9 Å². The van der Waals surface area contributed by atoms with Crippen molar-refractivity contribution in [2.45, 2.75) is 18.9 Å². The molecule has 1 saturated heterocycles. The molecule has 0 aliphatic carbocycles. The minimum absolute atomic E-state index is 0.159. The number of ether oxygens (including phenoxy) is 2. The monoisotopic (exact) mass is 401 g/mol. The van der Waals surface area contributed by atoms with Gasteiger partial charge in [0.05, 0.1) is 12.8 Å². The van der Waals surface area contributed by atoms with E-state index in [2.05, 4.69) is 0 Å². The number of hydrogen-bond donors (Lipinski definition) is 0. The van der Waals surface area contributed by atoms with Gasteiger partial charge in [-0.1, -0.05) is 41.4 Å². The molecule has 1 aliphatic rings. The van der Waals surface area contributed by atoms with E-state index in [9.17, 15) is 4.79 Å². The van der Waals surface area contributed by atoms with E-state index in [0.29, 0.717) is 22.2 Å². The van der Waals surface area contributed by atoms with Crippen molar-refractivity contribution in [1.29, 1.82) is 0 Å². The summed E-state index contributed by atoms with van der Waals surface area (Å²) in [6, 6.07) is 12.9. The lowest BCUT2D eigenvalue weighted by Crippen LogP contribution is -2.12. The highest BCUT2D eigenvalue weighted by atomic mass is 35.5. The Balaban J connectivity index is 2.06. The Hall–Kier alpha value is -2.14. The van der Waals surface area contributed by atoms with Crippen LogP contribution in [0.15, 0.2) is 42.5 Å². The summed E-state index contributed by atoms with van der Waals surface area (Å²) in [5, 5.41) is 2.99. The van der Waals surface area contributed by atoms with Gasteiger partial charge in [-0.3, -0.25) is 0 Å². The van der Waals surface area contributed by atoms with Crippen molar-refractivity contribution >= 4 is 39.9 Å². The van der Waals surface area contributed by atoms with Crippen LogP contribution in [-0.2, 0) is 9.47 Å². The third kappa shape index (κ3) is 3.41. The summed E-state index contributed by atoms with van der Waals surface area (Å²) in [5.41, 5.74) is 2.52. The molecule has 1 unspecified atom stereocenters. The van der Waals surface area contributed by atoms with E-state index in [4.69, 9.17) is 37.7 Å². The SMILES string of the molecule is COC(=O)c1nc(C2CCCO2)c2cc(Cl)ccc2c1-c1ccc(Cl)cc1. The van der Waals surface area contributed by atoms with E-state index in [-0.39, 0.29) is 11.8 Å². The lowest BCUT2D eigenvalue weighted by atomic mass is 9.94. The number of hydrogen-bond acceptors (Lipinski definition) is 4. The molecule has 0 radical (unpaired) electrons. The third-order valence-electron chi connectivity index (χ3n) is 4.74. The summed E-state index contributed by atoms with van der Waals surface area (Å²) >= 11 is 12.3. The molecular formula is C21H17Cl2NO3. The fraction of sp³-hybridized carbons (Fsp3) is 0.238. The lowest BCUT2D eigenvalue weighted by molar-refractivity contribution is 0.0593. The van der Waals surface area contributed by atoms with Crippen molar-refractivity contribution in [3.8, 4) is 11.1 Å². The molecule has 27 heavy (non-hydrogen) atoms. The summed E-state index contributed by atoms with van der Waals surface area (Å²) in [7, 11) is 1.35. The molecule has 1 atom stereocenters. The highest BCUT2D eigenvalue weighted by molar-refractivity contribution is 6.31. The molecule has 6 heteroatoms. The largest absolute Gasteiger partial charge is 0.464 e. The van der Waals surface area contributed by atoms with Crippen LogP contribution in [0.3, 0.4) is 0 Å². The number of methoxy groups -OCH3 is 1. The molecule has 1 aromatic heterocycles. The molecular weight excluding hydrogens is 385 g/mol. The van der Waals surface area contributed by atoms with Crippen molar-refractivity contribution in [2.75, 3.05) is 13.7 Å². The number of halogens is 2. The molecule has 2 heterocycles. The van der Waals surface area contributed by atoms with Crippen LogP contribution in [-0.4, -0.2) is 24.7 Å². The van der Waals surface area contributed by atoms with Crippen LogP contribution < -0.4 is 0 Å². The molecule has 0 N–H and O–H groups in total. The smallest absolute Gasteiger partial charge is 0.357 e. The predicted octanol–water partition coefficient (Wildman–Crippen LogP) is 5.85. The van der Waals surface area contributed by atoms with Gasteiger partial charge in [0, 0.05) is 27.6 Å². The second kappa shape index (κ2) is 7.47. The number of esters is 1. The Bertz CT molecular complexity index is 1010. The van der Waals surface area contributed by atoms with Crippen LogP contribution in [0.1, 0.15) is 35.1 Å². The highest BCUT2D eigenvalue weighted by Crippen LogP contribution is 2.39. The molecule has 0 amide bonds. The number of aromatic nitrogens is 1. The minimum Gasteiger partial charge on any atom is -0.464 e. The highest BCUT2D eigenvalue weighted by Gasteiger charge is 2.27. The fourth-order valence-electron chi connectivity index (χ4n) is 3.50. The molecule has 4 rings (SSSR count). The van der Waals surface area contributed by atoms with Gasteiger partial charge in [-0.2, -0.15) is 0 Å². The molecule has 0 bridgehead atoms. The maximum absolute atomic E-state index is 12.6. The minimum atomic E-state index is -0.490. The number of carbonyl (C=O) groups is 1. The molecule has 0 spiro atoms.